The summed E-state index contributed by atoms with van der Waals surface area (Å²) in [5.74, 6) is 0.556. The van der Waals surface area contributed by atoms with E-state index in [1.165, 1.54) is 0 Å². The van der Waals surface area contributed by atoms with Crippen LogP contribution < -0.4 is 5.32 Å². The molecule has 0 bridgehead atoms. The van der Waals surface area contributed by atoms with Crippen molar-refractivity contribution in [3.05, 3.63) is 17.0 Å². The maximum absolute atomic E-state index is 11.7. The van der Waals surface area contributed by atoms with E-state index in [1.54, 1.807) is 6.92 Å². The van der Waals surface area contributed by atoms with Crippen LogP contribution in [0.1, 0.15) is 30.4 Å². The first-order valence-corrected chi connectivity index (χ1v) is 5.40. The molecule has 1 unspecified atom stereocenters. The van der Waals surface area contributed by atoms with Gasteiger partial charge in [0.05, 0.1) is 24.8 Å². The standard InChI is InChI=1S/C11H18N2O3/c1-4-9(6-14)12-11(15)5-10-7(2)13-16-8(10)3/h9,14H,4-6H2,1-3H3,(H,12,15). The summed E-state index contributed by atoms with van der Waals surface area (Å²) in [7, 11) is 0. The molecule has 1 heterocycles. The summed E-state index contributed by atoms with van der Waals surface area (Å²) >= 11 is 0. The molecular weight excluding hydrogens is 208 g/mol. The molecule has 0 aromatic carbocycles. The molecule has 0 aliphatic carbocycles. The Balaban J connectivity index is 2.58. The molecule has 1 aromatic rings. The molecule has 1 atom stereocenters. The van der Waals surface area contributed by atoms with Gasteiger partial charge >= 0.3 is 0 Å². The van der Waals surface area contributed by atoms with Gasteiger partial charge in [-0.05, 0) is 20.3 Å². The predicted molar refractivity (Wildman–Crippen MR) is 59.0 cm³/mol. The highest BCUT2D eigenvalue weighted by atomic mass is 16.5. The van der Waals surface area contributed by atoms with Crippen LogP contribution in [0.3, 0.4) is 0 Å². The number of aliphatic hydroxyl groups excluding tert-OH is 1. The lowest BCUT2D eigenvalue weighted by atomic mass is 10.1. The normalized spacial score (nSPS) is 12.5. The third-order valence-electron chi connectivity index (χ3n) is 2.60. The van der Waals surface area contributed by atoms with Crippen LogP contribution in [0.5, 0.6) is 0 Å². The van der Waals surface area contributed by atoms with Crippen molar-refractivity contribution in [3.63, 3.8) is 0 Å². The number of aliphatic hydroxyl groups is 1. The van der Waals surface area contributed by atoms with E-state index in [1.807, 2.05) is 13.8 Å². The lowest BCUT2D eigenvalue weighted by molar-refractivity contribution is -0.121. The second-order valence-electron chi connectivity index (χ2n) is 3.83. The Hall–Kier alpha value is -1.36. The molecular formula is C11H18N2O3. The van der Waals surface area contributed by atoms with Gasteiger partial charge in [-0.3, -0.25) is 4.79 Å². The van der Waals surface area contributed by atoms with E-state index in [0.29, 0.717) is 12.2 Å². The summed E-state index contributed by atoms with van der Waals surface area (Å²) in [5.41, 5.74) is 1.56. The first-order chi connectivity index (χ1) is 7.58. The van der Waals surface area contributed by atoms with Gasteiger partial charge in [-0.15, -0.1) is 0 Å². The average molecular weight is 226 g/mol. The Labute approximate surface area is 94.8 Å². The Morgan fingerprint density at radius 1 is 1.56 bits per heavy atom. The van der Waals surface area contributed by atoms with Crippen molar-refractivity contribution in [2.24, 2.45) is 0 Å². The van der Waals surface area contributed by atoms with Gasteiger partial charge in [-0.1, -0.05) is 12.1 Å². The molecule has 0 aliphatic heterocycles. The Morgan fingerprint density at radius 2 is 2.25 bits per heavy atom. The number of carbonyl (C=O) groups is 1. The molecule has 16 heavy (non-hydrogen) atoms. The lowest BCUT2D eigenvalue weighted by Gasteiger charge is -2.13. The second-order valence-corrected chi connectivity index (χ2v) is 3.83. The van der Waals surface area contributed by atoms with Crippen LogP contribution in [0.15, 0.2) is 4.52 Å². The molecule has 2 N–H and O–H groups in total. The SMILES string of the molecule is CCC(CO)NC(=O)Cc1c(C)noc1C. The number of amides is 1. The fraction of sp³-hybridized carbons (Fsp3) is 0.636. The third-order valence-corrected chi connectivity index (χ3v) is 2.60. The first-order valence-electron chi connectivity index (χ1n) is 5.40. The van der Waals surface area contributed by atoms with Gasteiger partial charge in [0.15, 0.2) is 0 Å². The molecule has 1 amide bonds. The Kier molecular flexibility index (Phi) is 4.49. The van der Waals surface area contributed by atoms with E-state index in [9.17, 15) is 4.79 Å². The Morgan fingerprint density at radius 3 is 2.69 bits per heavy atom. The number of hydrogen-bond acceptors (Lipinski definition) is 4. The first kappa shape index (κ1) is 12.7. The minimum absolute atomic E-state index is 0.0379. The van der Waals surface area contributed by atoms with E-state index in [4.69, 9.17) is 9.63 Å². The van der Waals surface area contributed by atoms with Crippen molar-refractivity contribution in [2.45, 2.75) is 39.7 Å². The van der Waals surface area contributed by atoms with Crippen LogP contribution in [0, 0.1) is 13.8 Å². The number of aromatic nitrogens is 1. The monoisotopic (exact) mass is 226 g/mol. The van der Waals surface area contributed by atoms with Crippen molar-refractivity contribution >= 4 is 5.91 Å². The van der Waals surface area contributed by atoms with E-state index in [2.05, 4.69) is 10.5 Å². The summed E-state index contributed by atoms with van der Waals surface area (Å²) in [6.07, 6.45) is 0.960. The molecule has 5 heteroatoms. The van der Waals surface area contributed by atoms with Gasteiger partial charge in [0.1, 0.15) is 5.76 Å². The highest BCUT2D eigenvalue weighted by Gasteiger charge is 2.15. The summed E-state index contributed by atoms with van der Waals surface area (Å²) in [4.78, 5) is 11.7. The molecule has 0 aliphatic rings. The van der Waals surface area contributed by atoms with Gasteiger partial charge in [-0.25, -0.2) is 0 Å². The molecule has 1 rings (SSSR count). The summed E-state index contributed by atoms with van der Waals surface area (Å²) in [5, 5.41) is 15.5. The molecule has 0 radical (unpaired) electrons. The maximum atomic E-state index is 11.7. The lowest BCUT2D eigenvalue weighted by Crippen LogP contribution is -2.37. The van der Waals surface area contributed by atoms with Crippen LogP contribution in [0.2, 0.25) is 0 Å². The topological polar surface area (TPSA) is 75.4 Å². The second kappa shape index (κ2) is 5.65. The summed E-state index contributed by atoms with van der Waals surface area (Å²) in [6.45, 7) is 5.47. The minimum atomic E-state index is -0.173. The highest BCUT2D eigenvalue weighted by molar-refractivity contribution is 5.79. The smallest absolute Gasteiger partial charge is 0.224 e. The third kappa shape index (κ3) is 3.06. The number of hydrogen-bond donors (Lipinski definition) is 2. The van der Waals surface area contributed by atoms with Gasteiger partial charge in [-0.2, -0.15) is 0 Å². The van der Waals surface area contributed by atoms with Crippen LogP contribution in [-0.4, -0.2) is 28.8 Å². The van der Waals surface area contributed by atoms with Crippen molar-refractivity contribution in [2.75, 3.05) is 6.61 Å². The molecule has 5 nitrogen and oxygen atoms in total. The quantitative estimate of drug-likeness (QED) is 0.775. The summed E-state index contributed by atoms with van der Waals surface area (Å²) in [6, 6.07) is -0.173. The fourth-order valence-corrected chi connectivity index (χ4v) is 1.47. The van der Waals surface area contributed by atoms with Crippen LogP contribution in [0.25, 0.3) is 0 Å². The van der Waals surface area contributed by atoms with Gasteiger partial charge in [0.2, 0.25) is 5.91 Å². The zero-order valence-electron chi connectivity index (χ0n) is 9.91. The Bertz CT molecular complexity index is 337. The molecule has 1 aromatic heterocycles. The molecule has 0 saturated carbocycles. The van der Waals surface area contributed by atoms with Crippen molar-refractivity contribution in [3.8, 4) is 0 Å². The highest BCUT2D eigenvalue weighted by Crippen LogP contribution is 2.12. The minimum Gasteiger partial charge on any atom is -0.394 e. The fourth-order valence-electron chi connectivity index (χ4n) is 1.47. The van der Waals surface area contributed by atoms with Crippen LogP contribution >= 0.6 is 0 Å². The summed E-state index contributed by atoms with van der Waals surface area (Å²) < 4.78 is 4.97. The maximum Gasteiger partial charge on any atom is 0.224 e. The van der Waals surface area contributed by atoms with E-state index >= 15 is 0 Å². The van der Waals surface area contributed by atoms with Crippen molar-refractivity contribution < 1.29 is 14.4 Å². The number of nitrogens with zero attached hydrogens (tertiary/aromatic N) is 1. The van der Waals surface area contributed by atoms with E-state index < -0.39 is 0 Å². The zero-order valence-corrected chi connectivity index (χ0v) is 9.91. The molecule has 0 spiro atoms. The van der Waals surface area contributed by atoms with Crippen LogP contribution in [-0.2, 0) is 11.2 Å². The van der Waals surface area contributed by atoms with Crippen molar-refractivity contribution in [1.29, 1.82) is 0 Å². The van der Waals surface area contributed by atoms with Crippen LogP contribution in [0.4, 0.5) is 0 Å². The van der Waals surface area contributed by atoms with Gasteiger partial charge in [0, 0.05) is 5.56 Å². The van der Waals surface area contributed by atoms with Crippen molar-refractivity contribution in [1.82, 2.24) is 10.5 Å². The number of aryl methyl sites for hydroxylation is 2. The largest absolute Gasteiger partial charge is 0.394 e. The predicted octanol–water partition coefficient (Wildman–Crippen LogP) is 0.721. The molecule has 0 saturated heterocycles. The molecule has 90 valence electrons. The number of carbonyl (C=O) groups excluding carboxylic acids is 1. The number of nitrogens with one attached hydrogen (secondary N) is 1. The van der Waals surface area contributed by atoms with Gasteiger partial charge < -0.3 is 14.9 Å². The zero-order chi connectivity index (χ0) is 12.1. The average Bonchev–Trinajstić information content (AvgIpc) is 2.57. The number of rotatable bonds is 5. The van der Waals surface area contributed by atoms with E-state index in [-0.39, 0.29) is 25.0 Å². The van der Waals surface area contributed by atoms with Gasteiger partial charge in [0.25, 0.3) is 0 Å². The van der Waals surface area contributed by atoms with E-state index in [0.717, 1.165) is 11.3 Å². The molecule has 0 fully saturated rings.